The molecule has 0 spiro atoms. The average Bonchev–Trinajstić information content (AvgIpc) is 3.21. The minimum atomic E-state index is -0.711. The van der Waals surface area contributed by atoms with Crippen LogP contribution >= 0.6 is 0 Å². The van der Waals surface area contributed by atoms with Crippen LogP contribution in [0.1, 0.15) is 34.3 Å². The Bertz CT molecular complexity index is 1310. The molecule has 3 aromatic rings. The maximum absolute atomic E-state index is 13.6. The lowest BCUT2D eigenvalue weighted by Crippen LogP contribution is -2.45. The summed E-state index contributed by atoms with van der Waals surface area (Å²) in [5.74, 6) is -0.700. The Labute approximate surface area is 222 Å². The van der Waals surface area contributed by atoms with Crippen LogP contribution in [0.3, 0.4) is 0 Å². The van der Waals surface area contributed by atoms with Gasteiger partial charge in [-0.2, -0.15) is 0 Å². The maximum atomic E-state index is 13.6. The molecule has 0 radical (unpaired) electrons. The molecular weight excluding hydrogens is 480 g/mol. The number of methoxy groups -OCH3 is 1. The van der Waals surface area contributed by atoms with Crippen molar-refractivity contribution < 1.29 is 24.2 Å². The fourth-order valence-electron chi connectivity index (χ4n) is 5.25. The first-order valence-electron chi connectivity index (χ1n) is 12.8. The van der Waals surface area contributed by atoms with E-state index >= 15 is 0 Å². The van der Waals surface area contributed by atoms with E-state index in [2.05, 4.69) is 4.90 Å². The fourth-order valence-corrected chi connectivity index (χ4v) is 5.25. The van der Waals surface area contributed by atoms with Crippen LogP contribution in [0, 0.1) is 6.92 Å². The SMILES string of the molecule is COc1ccc([C@@H](CN2C(=O)C(=O)C(=C(O)c3ccccc3)[C@H]2c2ccc(C)cc2)N2CCOCC2)cc1. The highest BCUT2D eigenvalue weighted by molar-refractivity contribution is 6.46. The number of aliphatic hydroxyl groups excluding tert-OH is 1. The summed E-state index contributed by atoms with van der Waals surface area (Å²) in [7, 11) is 1.63. The van der Waals surface area contributed by atoms with Gasteiger partial charge < -0.3 is 19.5 Å². The summed E-state index contributed by atoms with van der Waals surface area (Å²) in [6, 6.07) is 23.6. The number of amides is 1. The molecule has 7 nitrogen and oxygen atoms in total. The molecule has 1 N–H and O–H groups in total. The van der Waals surface area contributed by atoms with E-state index in [-0.39, 0.29) is 23.9 Å². The molecule has 0 saturated carbocycles. The van der Waals surface area contributed by atoms with Gasteiger partial charge in [-0.25, -0.2) is 0 Å². The van der Waals surface area contributed by atoms with Crippen molar-refractivity contribution in [1.29, 1.82) is 0 Å². The summed E-state index contributed by atoms with van der Waals surface area (Å²) in [4.78, 5) is 31.0. The summed E-state index contributed by atoms with van der Waals surface area (Å²) in [6.07, 6.45) is 0. The van der Waals surface area contributed by atoms with Crippen LogP contribution in [0.5, 0.6) is 5.75 Å². The third-order valence-electron chi connectivity index (χ3n) is 7.34. The Balaban J connectivity index is 1.60. The standard InChI is InChI=1S/C31H32N2O5/c1-21-8-10-23(11-9-21)28-27(29(34)24-6-4-3-5-7-24)30(35)31(36)33(28)20-26(32-16-18-38-19-17-32)22-12-14-25(37-2)15-13-22/h3-15,26,28,34H,16-20H2,1-2H3/t26-,28-/m1/s1. The number of Topliss-reactive ketones (excluding diaryl/α,β-unsaturated/α-hetero) is 1. The largest absolute Gasteiger partial charge is 0.507 e. The Morgan fingerprint density at radius 2 is 1.63 bits per heavy atom. The van der Waals surface area contributed by atoms with Crippen molar-refractivity contribution in [2.75, 3.05) is 40.0 Å². The van der Waals surface area contributed by atoms with E-state index in [1.807, 2.05) is 61.5 Å². The molecule has 2 fully saturated rings. The molecule has 5 rings (SSSR count). The van der Waals surface area contributed by atoms with Crippen molar-refractivity contribution in [2.24, 2.45) is 0 Å². The molecule has 2 aliphatic heterocycles. The van der Waals surface area contributed by atoms with Crippen LogP contribution in [-0.2, 0) is 14.3 Å². The number of aliphatic hydroxyl groups is 1. The van der Waals surface area contributed by atoms with Crippen LogP contribution < -0.4 is 4.74 Å². The molecule has 0 bridgehead atoms. The van der Waals surface area contributed by atoms with Crippen molar-refractivity contribution in [3.8, 4) is 5.75 Å². The maximum Gasteiger partial charge on any atom is 0.295 e. The first kappa shape index (κ1) is 25.7. The third kappa shape index (κ3) is 5.08. The minimum Gasteiger partial charge on any atom is -0.507 e. The molecule has 38 heavy (non-hydrogen) atoms. The Morgan fingerprint density at radius 1 is 0.974 bits per heavy atom. The number of ether oxygens (including phenoxy) is 2. The van der Waals surface area contributed by atoms with E-state index in [1.54, 1.807) is 36.3 Å². The number of aryl methyl sites for hydroxylation is 1. The highest BCUT2D eigenvalue weighted by Crippen LogP contribution is 2.41. The second kappa shape index (κ2) is 11.2. The summed E-state index contributed by atoms with van der Waals surface area (Å²) in [6.45, 7) is 4.88. The fraction of sp³-hybridized carbons (Fsp3) is 0.290. The molecule has 196 valence electrons. The second-order valence-corrected chi connectivity index (χ2v) is 9.67. The van der Waals surface area contributed by atoms with Crippen molar-refractivity contribution >= 4 is 17.4 Å². The van der Waals surface area contributed by atoms with Gasteiger partial charge in [-0.3, -0.25) is 14.5 Å². The number of likely N-dealkylation sites (tertiary alicyclic amines) is 1. The predicted molar refractivity (Wildman–Crippen MR) is 145 cm³/mol. The molecule has 2 atom stereocenters. The molecule has 7 heteroatoms. The van der Waals surface area contributed by atoms with Gasteiger partial charge in [-0.1, -0.05) is 72.3 Å². The molecule has 0 aliphatic carbocycles. The van der Waals surface area contributed by atoms with Crippen LogP contribution in [0.25, 0.3) is 5.76 Å². The number of morpholine rings is 1. The Hall–Kier alpha value is -3.94. The van der Waals surface area contributed by atoms with Crippen molar-refractivity contribution in [3.05, 3.63) is 107 Å². The van der Waals surface area contributed by atoms with Crippen LogP contribution in [-0.4, -0.2) is 66.6 Å². The third-order valence-corrected chi connectivity index (χ3v) is 7.34. The lowest BCUT2D eigenvalue weighted by Gasteiger charge is -2.38. The zero-order valence-corrected chi connectivity index (χ0v) is 21.7. The highest BCUT2D eigenvalue weighted by Gasteiger charge is 2.47. The summed E-state index contributed by atoms with van der Waals surface area (Å²) in [5.41, 5.74) is 3.48. The van der Waals surface area contributed by atoms with E-state index in [4.69, 9.17) is 9.47 Å². The monoisotopic (exact) mass is 512 g/mol. The number of hydrogen-bond donors (Lipinski definition) is 1. The average molecular weight is 513 g/mol. The summed E-state index contributed by atoms with van der Waals surface area (Å²) >= 11 is 0. The first-order chi connectivity index (χ1) is 18.5. The van der Waals surface area contributed by atoms with Gasteiger partial charge in [-0.15, -0.1) is 0 Å². The van der Waals surface area contributed by atoms with E-state index in [0.717, 1.165) is 22.4 Å². The molecule has 2 heterocycles. The molecule has 3 aromatic carbocycles. The minimum absolute atomic E-state index is 0.112. The predicted octanol–water partition coefficient (Wildman–Crippen LogP) is 4.50. The summed E-state index contributed by atoms with van der Waals surface area (Å²) < 4.78 is 10.9. The normalized spacial score (nSPS) is 20.5. The first-order valence-corrected chi connectivity index (χ1v) is 12.8. The smallest absolute Gasteiger partial charge is 0.295 e. The van der Waals surface area contributed by atoms with Crippen LogP contribution in [0.4, 0.5) is 0 Å². The molecule has 2 aliphatic rings. The van der Waals surface area contributed by atoms with E-state index in [0.29, 0.717) is 31.9 Å². The van der Waals surface area contributed by atoms with Crippen LogP contribution in [0.2, 0.25) is 0 Å². The topological polar surface area (TPSA) is 79.3 Å². The molecule has 0 unspecified atom stereocenters. The van der Waals surface area contributed by atoms with Gasteiger partial charge in [0.25, 0.3) is 11.7 Å². The van der Waals surface area contributed by atoms with Gasteiger partial charge in [0.2, 0.25) is 0 Å². The number of nitrogens with zero attached hydrogens (tertiary/aromatic N) is 2. The van der Waals surface area contributed by atoms with Crippen LogP contribution in [0.15, 0.2) is 84.4 Å². The Morgan fingerprint density at radius 3 is 2.26 bits per heavy atom. The molecule has 2 saturated heterocycles. The van der Waals surface area contributed by atoms with Gasteiger partial charge >= 0.3 is 0 Å². The van der Waals surface area contributed by atoms with Crippen molar-refractivity contribution in [2.45, 2.75) is 19.0 Å². The van der Waals surface area contributed by atoms with E-state index in [9.17, 15) is 14.7 Å². The lowest BCUT2D eigenvalue weighted by molar-refractivity contribution is -0.140. The second-order valence-electron chi connectivity index (χ2n) is 9.67. The zero-order valence-electron chi connectivity index (χ0n) is 21.7. The lowest BCUT2D eigenvalue weighted by atomic mass is 9.94. The van der Waals surface area contributed by atoms with Gasteiger partial charge in [0.1, 0.15) is 11.5 Å². The van der Waals surface area contributed by atoms with Gasteiger partial charge in [0, 0.05) is 25.2 Å². The van der Waals surface area contributed by atoms with Crippen molar-refractivity contribution in [3.63, 3.8) is 0 Å². The van der Waals surface area contributed by atoms with E-state index < -0.39 is 17.7 Å². The van der Waals surface area contributed by atoms with E-state index in [1.165, 1.54) is 0 Å². The Kier molecular flexibility index (Phi) is 7.58. The van der Waals surface area contributed by atoms with Gasteiger partial charge in [0.15, 0.2) is 0 Å². The highest BCUT2D eigenvalue weighted by atomic mass is 16.5. The zero-order chi connectivity index (χ0) is 26.6. The molecule has 0 aromatic heterocycles. The number of carbonyl (C=O) groups excluding carboxylic acids is 2. The number of hydrogen-bond acceptors (Lipinski definition) is 6. The quantitative estimate of drug-likeness (QED) is 0.285. The number of benzene rings is 3. The van der Waals surface area contributed by atoms with Gasteiger partial charge in [0.05, 0.1) is 38.0 Å². The molecule has 1 amide bonds. The number of ketones is 1. The summed E-state index contributed by atoms with van der Waals surface area (Å²) in [5, 5.41) is 11.3. The van der Waals surface area contributed by atoms with Gasteiger partial charge in [-0.05, 0) is 30.2 Å². The molecular formula is C31H32N2O5. The number of rotatable bonds is 7. The van der Waals surface area contributed by atoms with Crippen molar-refractivity contribution in [1.82, 2.24) is 9.80 Å². The number of carbonyl (C=O) groups is 2.